The fourth-order valence-electron chi connectivity index (χ4n) is 2.56. The molecule has 21 heavy (non-hydrogen) atoms. The van der Waals surface area contributed by atoms with Crippen LogP contribution in [0.2, 0.25) is 0 Å². The molecule has 1 saturated heterocycles. The number of aryl methyl sites for hydroxylation is 1. The third-order valence-corrected chi connectivity index (χ3v) is 3.85. The summed E-state index contributed by atoms with van der Waals surface area (Å²) in [7, 11) is 0. The van der Waals surface area contributed by atoms with Crippen molar-refractivity contribution in [2.45, 2.75) is 38.8 Å². The van der Waals surface area contributed by atoms with Crippen molar-refractivity contribution < 1.29 is 9.32 Å². The molecular formula is C14H19ClN4O2. The summed E-state index contributed by atoms with van der Waals surface area (Å²) in [6, 6.07) is 2.24. The molecular weight excluding hydrogens is 292 g/mol. The first-order valence-corrected chi connectivity index (χ1v) is 6.91. The van der Waals surface area contributed by atoms with Crippen LogP contribution in [0.15, 0.2) is 16.8 Å². The van der Waals surface area contributed by atoms with Gasteiger partial charge in [0.05, 0.1) is 16.6 Å². The molecule has 0 radical (unpaired) electrons. The standard InChI is InChI=1S/C14H18N4O2.ClH/c1-8-11-6-10(7-16-14(11)20-18-8)13(19)17-12-4-3-5-15-9(12)2;/h6-7,9,12,15H,3-5H2,1-2H3,(H,17,19);1H. The van der Waals surface area contributed by atoms with E-state index in [2.05, 4.69) is 27.7 Å². The van der Waals surface area contributed by atoms with Crippen molar-refractivity contribution in [2.75, 3.05) is 6.54 Å². The Morgan fingerprint density at radius 1 is 1.52 bits per heavy atom. The van der Waals surface area contributed by atoms with Crippen LogP contribution >= 0.6 is 12.4 Å². The summed E-state index contributed by atoms with van der Waals surface area (Å²) in [5.41, 5.74) is 1.75. The molecule has 0 bridgehead atoms. The number of fused-ring (bicyclic) bond motifs is 1. The van der Waals surface area contributed by atoms with Gasteiger partial charge in [0.2, 0.25) is 0 Å². The number of piperidine rings is 1. The van der Waals surface area contributed by atoms with E-state index in [0.29, 0.717) is 17.3 Å². The van der Waals surface area contributed by atoms with Crippen molar-refractivity contribution in [2.24, 2.45) is 0 Å². The van der Waals surface area contributed by atoms with E-state index in [9.17, 15) is 4.79 Å². The van der Waals surface area contributed by atoms with Crippen molar-refractivity contribution in [1.82, 2.24) is 20.8 Å². The summed E-state index contributed by atoms with van der Waals surface area (Å²) in [6.45, 7) is 4.94. The van der Waals surface area contributed by atoms with Gasteiger partial charge in [-0.05, 0) is 39.3 Å². The Morgan fingerprint density at radius 3 is 3.10 bits per heavy atom. The second-order valence-electron chi connectivity index (χ2n) is 5.31. The largest absolute Gasteiger partial charge is 0.348 e. The van der Waals surface area contributed by atoms with Gasteiger partial charge in [-0.25, -0.2) is 4.98 Å². The lowest BCUT2D eigenvalue weighted by Crippen LogP contribution is -2.51. The number of hydrogen-bond acceptors (Lipinski definition) is 5. The van der Waals surface area contributed by atoms with E-state index in [1.54, 1.807) is 6.07 Å². The zero-order chi connectivity index (χ0) is 14.1. The number of nitrogens with one attached hydrogen (secondary N) is 2. The summed E-state index contributed by atoms with van der Waals surface area (Å²) < 4.78 is 5.05. The minimum Gasteiger partial charge on any atom is -0.348 e. The molecule has 2 N–H and O–H groups in total. The van der Waals surface area contributed by atoms with Crippen molar-refractivity contribution in [3.63, 3.8) is 0 Å². The van der Waals surface area contributed by atoms with Gasteiger partial charge in [-0.15, -0.1) is 12.4 Å². The summed E-state index contributed by atoms with van der Waals surface area (Å²) in [4.78, 5) is 16.4. The number of hydrogen-bond donors (Lipinski definition) is 2. The smallest absolute Gasteiger partial charge is 0.257 e. The molecule has 3 heterocycles. The van der Waals surface area contributed by atoms with Crippen LogP contribution < -0.4 is 10.6 Å². The molecule has 0 saturated carbocycles. The van der Waals surface area contributed by atoms with E-state index in [4.69, 9.17) is 4.52 Å². The van der Waals surface area contributed by atoms with Crippen LogP contribution in [0.25, 0.3) is 11.1 Å². The first-order valence-electron chi connectivity index (χ1n) is 6.91. The molecule has 3 rings (SSSR count). The number of carbonyl (C=O) groups is 1. The highest BCUT2D eigenvalue weighted by Crippen LogP contribution is 2.17. The van der Waals surface area contributed by atoms with Crippen LogP contribution in [0, 0.1) is 6.92 Å². The second kappa shape index (κ2) is 6.41. The number of aromatic nitrogens is 2. The molecule has 0 spiro atoms. The maximum Gasteiger partial charge on any atom is 0.257 e. The van der Waals surface area contributed by atoms with Gasteiger partial charge in [0.1, 0.15) is 0 Å². The highest BCUT2D eigenvalue weighted by Gasteiger charge is 2.23. The summed E-state index contributed by atoms with van der Waals surface area (Å²) >= 11 is 0. The van der Waals surface area contributed by atoms with E-state index >= 15 is 0 Å². The van der Waals surface area contributed by atoms with E-state index < -0.39 is 0 Å². The Balaban J connectivity index is 0.00000161. The molecule has 114 valence electrons. The summed E-state index contributed by atoms with van der Waals surface area (Å²) in [5.74, 6) is -0.0967. The van der Waals surface area contributed by atoms with E-state index in [-0.39, 0.29) is 24.4 Å². The predicted molar refractivity (Wildman–Crippen MR) is 81.7 cm³/mol. The lowest BCUT2D eigenvalue weighted by Gasteiger charge is -2.30. The van der Waals surface area contributed by atoms with Crippen molar-refractivity contribution >= 4 is 29.4 Å². The number of pyridine rings is 1. The van der Waals surface area contributed by atoms with Gasteiger partial charge in [0, 0.05) is 18.3 Å². The Morgan fingerprint density at radius 2 is 2.33 bits per heavy atom. The van der Waals surface area contributed by atoms with Crippen LogP contribution in [-0.4, -0.2) is 34.7 Å². The SMILES string of the molecule is Cc1noc2ncc(C(=O)NC3CCCNC3C)cc12.Cl. The molecule has 2 unspecified atom stereocenters. The van der Waals surface area contributed by atoms with Gasteiger partial charge in [0.15, 0.2) is 0 Å². The molecule has 0 aromatic carbocycles. The molecule has 1 aliphatic heterocycles. The zero-order valence-electron chi connectivity index (χ0n) is 12.0. The topological polar surface area (TPSA) is 80.0 Å². The normalized spacial score (nSPS) is 21.8. The number of halogens is 1. The Kier molecular flexibility index (Phi) is 4.80. The molecule has 2 aromatic heterocycles. The molecule has 0 aliphatic carbocycles. The van der Waals surface area contributed by atoms with E-state index in [0.717, 1.165) is 30.5 Å². The fourth-order valence-corrected chi connectivity index (χ4v) is 2.56. The number of rotatable bonds is 2. The van der Waals surface area contributed by atoms with Gasteiger partial charge >= 0.3 is 0 Å². The van der Waals surface area contributed by atoms with Crippen LogP contribution in [0.5, 0.6) is 0 Å². The van der Waals surface area contributed by atoms with Crippen molar-refractivity contribution in [3.8, 4) is 0 Å². The highest BCUT2D eigenvalue weighted by molar-refractivity contribution is 5.97. The zero-order valence-corrected chi connectivity index (χ0v) is 12.9. The highest BCUT2D eigenvalue weighted by atomic mass is 35.5. The lowest BCUT2D eigenvalue weighted by molar-refractivity contribution is 0.0919. The van der Waals surface area contributed by atoms with Gasteiger partial charge in [0.25, 0.3) is 11.6 Å². The average molecular weight is 311 g/mol. The second-order valence-corrected chi connectivity index (χ2v) is 5.31. The Labute approximate surface area is 129 Å². The predicted octanol–water partition coefficient (Wildman–Crippen LogP) is 1.82. The first kappa shape index (κ1) is 15.7. The number of amides is 1. The fraction of sp³-hybridized carbons (Fsp3) is 0.500. The molecule has 1 aliphatic rings. The van der Waals surface area contributed by atoms with Crippen LogP contribution in [0.4, 0.5) is 0 Å². The van der Waals surface area contributed by atoms with Crippen LogP contribution in [0.1, 0.15) is 35.8 Å². The molecule has 6 nitrogen and oxygen atoms in total. The monoisotopic (exact) mass is 310 g/mol. The Bertz CT molecular complexity index is 643. The Hall–Kier alpha value is -1.66. The molecule has 2 aromatic rings. The molecule has 1 fully saturated rings. The lowest BCUT2D eigenvalue weighted by atomic mass is 9.99. The van der Waals surface area contributed by atoms with Crippen LogP contribution in [-0.2, 0) is 0 Å². The van der Waals surface area contributed by atoms with Crippen molar-refractivity contribution in [3.05, 3.63) is 23.5 Å². The number of nitrogens with zero attached hydrogens (tertiary/aromatic N) is 2. The third kappa shape index (κ3) is 3.16. The van der Waals surface area contributed by atoms with Gasteiger partial charge < -0.3 is 15.2 Å². The van der Waals surface area contributed by atoms with Gasteiger partial charge in [-0.1, -0.05) is 5.16 Å². The minimum atomic E-state index is -0.0967. The van der Waals surface area contributed by atoms with Gasteiger partial charge in [-0.3, -0.25) is 4.79 Å². The summed E-state index contributed by atoms with van der Waals surface area (Å²) in [6.07, 6.45) is 3.61. The summed E-state index contributed by atoms with van der Waals surface area (Å²) in [5, 5.41) is 11.1. The third-order valence-electron chi connectivity index (χ3n) is 3.85. The first-order chi connectivity index (χ1) is 9.65. The molecule has 1 amide bonds. The average Bonchev–Trinajstić information content (AvgIpc) is 2.82. The maximum atomic E-state index is 12.3. The number of carbonyl (C=O) groups excluding carboxylic acids is 1. The van der Waals surface area contributed by atoms with Crippen molar-refractivity contribution in [1.29, 1.82) is 0 Å². The van der Waals surface area contributed by atoms with Crippen LogP contribution in [0.3, 0.4) is 0 Å². The van der Waals surface area contributed by atoms with E-state index in [1.807, 2.05) is 6.92 Å². The quantitative estimate of drug-likeness (QED) is 0.884. The minimum absolute atomic E-state index is 0. The maximum absolute atomic E-state index is 12.3. The van der Waals surface area contributed by atoms with Gasteiger partial charge in [-0.2, -0.15) is 0 Å². The molecule has 7 heteroatoms. The molecule has 2 atom stereocenters. The van der Waals surface area contributed by atoms with E-state index in [1.165, 1.54) is 6.20 Å².